The maximum atomic E-state index is 12.9. The van der Waals surface area contributed by atoms with E-state index in [0.717, 1.165) is 32.2 Å². The van der Waals surface area contributed by atoms with Crippen molar-refractivity contribution in [2.75, 3.05) is 32.7 Å². The summed E-state index contributed by atoms with van der Waals surface area (Å²) in [6.45, 7) is 7.10. The third-order valence-electron chi connectivity index (χ3n) is 4.40. The molecule has 0 saturated carbocycles. The maximum absolute atomic E-state index is 12.9. The number of nitrogens with one attached hydrogen (secondary N) is 2. The smallest absolute Gasteiger partial charge is 0.251 e. The summed E-state index contributed by atoms with van der Waals surface area (Å²) in [6.07, 6.45) is 3.90. The lowest BCUT2D eigenvalue weighted by molar-refractivity contribution is 0.0953. The van der Waals surface area contributed by atoms with E-state index in [-0.39, 0.29) is 10.8 Å². The van der Waals surface area contributed by atoms with E-state index in [4.69, 9.17) is 0 Å². The zero-order valence-electron chi connectivity index (χ0n) is 15.2. The van der Waals surface area contributed by atoms with Crippen LogP contribution in [0.15, 0.2) is 23.1 Å². The molecule has 1 heterocycles. The first-order chi connectivity index (χ1) is 12.0. The molecule has 0 unspecified atom stereocenters. The van der Waals surface area contributed by atoms with Gasteiger partial charge in [0, 0.05) is 31.7 Å². The zero-order valence-corrected chi connectivity index (χ0v) is 16.0. The molecular weight excluding hydrogens is 338 g/mol. The van der Waals surface area contributed by atoms with Crippen LogP contribution in [-0.2, 0) is 10.0 Å². The van der Waals surface area contributed by atoms with Gasteiger partial charge in [0.15, 0.2) is 0 Å². The molecule has 7 heteroatoms. The molecular formula is C18H29N3O3S. The molecule has 1 fully saturated rings. The second kappa shape index (κ2) is 9.31. The summed E-state index contributed by atoms with van der Waals surface area (Å²) in [4.78, 5) is 12.5. The molecule has 1 aliphatic heterocycles. The van der Waals surface area contributed by atoms with Gasteiger partial charge in [-0.05, 0) is 50.4 Å². The molecule has 0 radical (unpaired) electrons. The molecule has 0 spiro atoms. The highest BCUT2D eigenvalue weighted by atomic mass is 32.2. The first kappa shape index (κ1) is 19.9. The fraction of sp³-hybridized carbons (Fsp3) is 0.611. The van der Waals surface area contributed by atoms with Crippen molar-refractivity contribution < 1.29 is 13.2 Å². The van der Waals surface area contributed by atoms with Gasteiger partial charge < -0.3 is 10.6 Å². The van der Waals surface area contributed by atoms with Gasteiger partial charge in [-0.1, -0.05) is 19.4 Å². The Balaban J connectivity index is 2.10. The molecule has 25 heavy (non-hydrogen) atoms. The number of amides is 1. The van der Waals surface area contributed by atoms with Gasteiger partial charge in [-0.3, -0.25) is 4.79 Å². The molecule has 1 saturated heterocycles. The van der Waals surface area contributed by atoms with Crippen LogP contribution in [0.3, 0.4) is 0 Å². The Bertz CT molecular complexity index is 683. The molecule has 6 nitrogen and oxygen atoms in total. The molecule has 0 aromatic heterocycles. The predicted octanol–water partition coefficient (Wildman–Crippen LogP) is 1.90. The Morgan fingerprint density at radius 1 is 1.12 bits per heavy atom. The van der Waals surface area contributed by atoms with Crippen LogP contribution in [-0.4, -0.2) is 51.4 Å². The van der Waals surface area contributed by atoms with Crippen LogP contribution in [0.4, 0.5) is 0 Å². The van der Waals surface area contributed by atoms with Gasteiger partial charge in [-0.15, -0.1) is 0 Å². The summed E-state index contributed by atoms with van der Waals surface area (Å²) in [5.74, 6) is -0.242. The van der Waals surface area contributed by atoms with E-state index in [0.29, 0.717) is 37.3 Å². The second-order valence-electron chi connectivity index (χ2n) is 6.45. The van der Waals surface area contributed by atoms with E-state index in [1.165, 1.54) is 10.4 Å². The van der Waals surface area contributed by atoms with Crippen molar-refractivity contribution in [1.82, 2.24) is 14.9 Å². The van der Waals surface area contributed by atoms with Crippen LogP contribution < -0.4 is 10.6 Å². The summed E-state index contributed by atoms with van der Waals surface area (Å²) in [6, 6.07) is 4.90. The summed E-state index contributed by atoms with van der Waals surface area (Å²) in [5, 5.41) is 6.04. The Morgan fingerprint density at radius 2 is 1.84 bits per heavy atom. The normalized spacial score (nSPS) is 15.9. The number of aryl methyl sites for hydroxylation is 1. The summed E-state index contributed by atoms with van der Waals surface area (Å²) >= 11 is 0. The minimum Gasteiger partial charge on any atom is -0.351 e. The Morgan fingerprint density at radius 3 is 2.52 bits per heavy atom. The molecule has 0 atom stereocenters. The minimum absolute atomic E-state index is 0.242. The third kappa shape index (κ3) is 5.26. The minimum atomic E-state index is -3.54. The Hall–Kier alpha value is -1.44. The first-order valence-electron chi connectivity index (χ1n) is 9.06. The number of sulfonamides is 1. The summed E-state index contributed by atoms with van der Waals surface area (Å²) in [7, 11) is -3.54. The first-order valence-corrected chi connectivity index (χ1v) is 10.5. The van der Waals surface area contributed by atoms with Gasteiger partial charge in [0.1, 0.15) is 0 Å². The third-order valence-corrected chi connectivity index (χ3v) is 6.44. The molecule has 140 valence electrons. The zero-order chi connectivity index (χ0) is 18.3. The number of hydrogen-bond donors (Lipinski definition) is 2. The van der Waals surface area contributed by atoms with E-state index in [9.17, 15) is 13.2 Å². The standard InChI is InChI=1S/C18H29N3O3S/c1-3-9-19-10-11-20-18(22)16-8-7-15(2)17(14-16)25(23,24)21-12-5-4-6-13-21/h7-8,14,19H,3-6,9-13H2,1-2H3,(H,20,22). The molecule has 1 aliphatic rings. The van der Waals surface area contributed by atoms with E-state index >= 15 is 0 Å². The van der Waals surface area contributed by atoms with Gasteiger partial charge in [-0.2, -0.15) is 4.31 Å². The van der Waals surface area contributed by atoms with Gasteiger partial charge >= 0.3 is 0 Å². The van der Waals surface area contributed by atoms with Crippen molar-refractivity contribution >= 4 is 15.9 Å². The number of benzene rings is 1. The van der Waals surface area contributed by atoms with Gasteiger partial charge in [0.2, 0.25) is 10.0 Å². The molecule has 1 amide bonds. The van der Waals surface area contributed by atoms with Crippen LogP contribution in [0.5, 0.6) is 0 Å². The number of carbonyl (C=O) groups is 1. The fourth-order valence-electron chi connectivity index (χ4n) is 2.93. The highest BCUT2D eigenvalue weighted by Gasteiger charge is 2.28. The van der Waals surface area contributed by atoms with E-state index in [1.807, 2.05) is 0 Å². The van der Waals surface area contributed by atoms with Gasteiger partial charge in [0.25, 0.3) is 5.91 Å². The molecule has 0 bridgehead atoms. The SMILES string of the molecule is CCCNCCNC(=O)c1ccc(C)c(S(=O)(=O)N2CCCCC2)c1. The number of nitrogens with zero attached hydrogens (tertiary/aromatic N) is 1. The average Bonchev–Trinajstić information content (AvgIpc) is 2.62. The largest absolute Gasteiger partial charge is 0.351 e. The Labute approximate surface area is 151 Å². The van der Waals surface area contributed by atoms with Crippen LogP contribution >= 0.6 is 0 Å². The van der Waals surface area contributed by atoms with Gasteiger partial charge in [0.05, 0.1) is 4.90 Å². The molecule has 1 aromatic rings. The lowest BCUT2D eigenvalue weighted by Gasteiger charge is -2.26. The fourth-order valence-corrected chi connectivity index (χ4v) is 4.70. The Kier molecular flexibility index (Phi) is 7.40. The quantitative estimate of drug-likeness (QED) is 0.688. The monoisotopic (exact) mass is 367 g/mol. The van der Waals surface area contributed by atoms with Crippen molar-refractivity contribution in [3.8, 4) is 0 Å². The number of rotatable bonds is 8. The number of piperidine rings is 1. The lowest BCUT2D eigenvalue weighted by atomic mass is 10.1. The maximum Gasteiger partial charge on any atom is 0.251 e. The van der Waals surface area contributed by atoms with Crippen LogP contribution in [0, 0.1) is 6.92 Å². The van der Waals surface area contributed by atoms with Crippen molar-refractivity contribution in [3.05, 3.63) is 29.3 Å². The molecule has 2 rings (SSSR count). The van der Waals surface area contributed by atoms with Gasteiger partial charge in [-0.25, -0.2) is 8.42 Å². The van der Waals surface area contributed by atoms with Crippen molar-refractivity contribution in [1.29, 1.82) is 0 Å². The highest BCUT2D eigenvalue weighted by molar-refractivity contribution is 7.89. The summed E-state index contributed by atoms with van der Waals surface area (Å²) in [5.41, 5.74) is 1.06. The van der Waals surface area contributed by atoms with Crippen LogP contribution in [0.2, 0.25) is 0 Å². The highest BCUT2D eigenvalue weighted by Crippen LogP contribution is 2.24. The topological polar surface area (TPSA) is 78.5 Å². The predicted molar refractivity (Wildman–Crippen MR) is 99.3 cm³/mol. The van der Waals surface area contributed by atoms with Crippen molar-refractivity contribution in [3.63, 3.8) is 0 Å². The summed E-state index contributed by atoms with van der Waals surface area (Å²) < 4.78 is 27.3. The molecule has 1 aromatic carbocycles. The second-order valence-corrected chi connectivity index (χ2v) is 8.36. The van der Waals surface area contributed by atoms with E-state index in [1.54, 1.807) is 19.1 Å². The van der Waals surface area contributed by atoms with Crippen LogP contribution in [0.25, 0.3) is 0 Å². The van der Waals surface area contributed by atoms with Crippen molar-refractivity contribution in [2.24, 2.45) is 0 Å². The lowest BCUT2D eigenvalue weighted by Crippen LogP contribution is -2.36. The van der Waals surface area contributed by atoms with Crippen molar-refractivity contribution in [2.45, 2.75) is 44.4 Å². The molecule has 2 N–H and O–H groups in total. The average molecular weight is 368 g/mol. The van der Waals surface area contributed by atoms with E-state index < -0.39 is 10.0 Å². The number of carbonyl (C=O) groups excluding carboxylic acids is 1. The van der Waals surface area contributed by atoms with Crippen LogP contribution in [0.1, 0.15) is 48.5 Å². The van der Waals surface area contributed by atoms with E-state index in [2.05, 4.69) is 17.6 Å². The number of hydrogen-bond acceptors (Lipinski definition) is 4. The molecule has 0 aliphatic carbocycles.